The van der Waals surface area contributed by atoms with Crippen LogP contribution in [-0.2, 0) is 21.4 Å². The summed E-state index contributed by atoms with van der Waals surface area (Å²) in [6.07, 6.45) is 1.80. The molecule has 1 unspecified atom stereocenters. The number of piperazine rings is 1. The normalized spacial score (nSPS) is 24.3. The van der Waals surface area contributed by atoms with Crippen LogP contribution in [0.4, 0.5) is 0 Å². The van der Waals surface area contributed by atoms with Crippen molar-refractivity contribution >= 4 is 15.9 Å². The van der Waals surface area contributed by atoms with E-state index in [1.807, 2.05) is 35.2 Å². The number of benzene rings is 1. The molecule has 2 aliphatic heterocycles. The van der Waals surface area contributed by atoms with Gasteiger partial charge in [0.25, 0.3) is 0 Å². The Morgan fingerprint density at radius 2 is 1.74 bits per heavy atom. The Morgan fingerprint density at radius 1 is 1.04 bits per heavy atom. The van der Waals surface area contributed by atoms with Crippen molar-refractivity contribution in [1.82, 2.24) is 14.1 Å². The van der Waals surface area contributed by atoms with Gasteiger partial charge in [0.1, 0.15) is 0 Å². The van der Waals surface area contributed by atoms with Gasteiger partial charge in [-0.05, 0) is 12.0 Å². The zero-order valence-electron chi connectivity index (χ0n) is 13.4. The van der Waals surface area contributed by atoms with Crippen molar-refractivity contribution in [2.24, 2.45) is 0 Å². The lowest BCUT2D eigenvalue weighted by molar-refractivity contribution is -0.142. The molecule has 126 valence electrons. The van der Waals surface area contributed by atoms with E-state index in [9.17, 15) is 13.2 Å². The summed E-state index contributed by atoms with van der Waals surface area (Å²) in [4.78, 5) is 16.8. The van der Waals surface area contributed by atoms with E-state index in [2.05, 4.69) is 4.90 Å². The van der Waals surface area contributed by atoms with Crippen molar-refractivity contribution in [3.8, 4) is 0 Å². The van der Waals surface area contributed by atoms with Crippen LogP contribution in [0.5, 0.6) is 0 Å². The fourth-order valence-electron chi connectivity index (χ4n) is 3.37. The lowest BCUT2D eigenvalue weighted by Crippen LogP contribution is -2.56. The SMILES string of the molecule is CS(=O)(=O)N1CCC2C(=O)N(Cc3ccccc3)CCN2CC1. The van der Waals surface area contributed by atoms with Crippen molar-refractivity contribution in [2.45, 2.75) is 19.0 Å². The van der Waals surface area contributed by atoms with Crippen LogP contribution in [0.25, 0.3) is 0 Å². The molecule has 0 saturated carbocycles. The van der Waals surface area contributed by atoms with E-state index in [1.165, 1.54) is 10.6 Å². The number of fused-ring (bicyclic) bond motifs is 1. The van der Waals surface area contributed by atoms with Crippen molar-refractivity contribution in [2.75, 3.05) is 39.0 Å². The fraction of sp³-hybridized carbons (Fsp3) is 0.562. The zero-order chi connectivity index (χ0) is 16.4. The van der Waals surface area contributed by atoms with Crippen molar-refractivity contribution < 1.29 is 13.2 Å². The Balaban J connectivity index is 1.69. The van der Waals surface area contributed by atoms with Crippen LogP contribution >= 0.6 is 0 Å². The summed E-state index contributed by atoms with van der Waals surface area (Å²) in [6.45, 7) is 3.65. The first-order valence-corrected chi connectivity index (χ1v) is 9.82. The second-order valence-corrected chi connectivity index (χ2v) is 8.23. The predicted octanol–water partition coefficient (Wildman–Crippen LogP) is 0.365. The van der Waals surface area contributed by atoms with Crippen LogP contribution in [0.1, 0.15) is 12.0 Å². The van der Waals surface area contributed by atoms with Crippen molar-refractivity contribution in [3.05, 3.63) is 35.9 Å². The highest BCUT2D eigenvalue weighted by Gasteiger charge is 2.37. The van der Waals surface area contributed by atoms with E-state index < -0.39 is 10.0 Å². The maximum atomic E-state index is 12.8. The van der Waals surface area contributed by atoms with Gasteiger partial charge in [0.2, 0.25) is 15.9 Å². The van der Waals surface area contributed by atoms with Crippen LogP contribution in [0.3, 0.4) is 0 Å². The summed E-state index contributed by atoms with van der Waals surface area (Å²) < 4.78 is 25.0. The largest absolute Gasteiger partial charge is 0.336 e. The molecule has 0 aromatic heterocycles. The summed E-state index contributed by atoms with van der Waals surface area (Å²) >= 11 is 0. The fourth-order valence-corrected chi connectivity index (χ4v) is 4.22. The molecule has 1 aromatic rings. The number of carbonyl (C=O) groups is 1. The lowest BCUT2D eigenvalue weighted by Gasteiger charge is -2.39. The van der Waals surface area contributed by atoms with Crippen molar-refractivity contribution in [3.63, 3.8) is 0 Å². The molecule has 6 nitrogen and oxygen atoms in total. The molecule has 2 aliphatic rings. The van der Waals surface area contributed by atoms with E-state index in [0.29, 0.717) is 39.1 Å². The molecule has 0 aliphatic carbocycles. The van der Waals surface area contributed by atoms with Gasteiger partial charge in [-0.15, -0.1) is 0 Å². The molecule has 2 saturated heterocycles. The molecule has 7 heteroatoms. The van der Waals surface area contributed by atoms with Crippen LogP contribution in [-0.4, -0.2) is 73.5 Å². The monoisotopic (exact) mass is 337 g/mol. The molecule has 3 rings (SSSR count). The van der Waals surface area contributed by atoms with E-state index in [0.717, 1.165) is 12.1 Å². The van der Waals surface area contributed by atoms with Crippen LogP contribution in [0.15, 0.2) is 30.3 Å². The number of carbonyl (C=O) groups excluding carboxylic acids is 1. The third-order valence-corrected chi connectivity index (χ3v) is 5.97. The number of hydrogen-bond acceptors (Lipinski definition) is 4. The standard InChI is InChI=1S/C16H23N3O3S/c1-23(21,22)19-8-7-15-16(20)18(10-9-17(15)11-12-19)13-14-5-3-2-4-6-14/h2-6,15H,7-13H2,1H3. The van der Waals surface area contributed by atoms with Gasteiger partial charge in [-0.2, -0.15) is 0 Å². The number of hydrogen-bond donors (Lipinski definition) is 0. The Kier molecular flexibility index (Phi) is 4.70. The minimum absolute atomic E-state index is 0.121. The van der Waals surface area contributed by atoms with Crippen LogP contribution in [0, 0.1) is 0 Å². The van der Waals surface area contributed by atoms with E-state index in [-0.39, 0.29) is 11.9 Å². The molecular weight excluding hydrogens is 314 g/mol. The molecule has 0 spiro atoms. The van der Waals surface area contributed by atoms with Gasteiger partial charge >= 0.3 is 0 Å². The van der Waals surface area contributed by atoms with Crippen molar-refractivity contribution in [1.29, 1.82) is 0 Å². The van der Waals surface area contributed by atoms with Gasteiger partial charge in [-0.1, -0.05) is 30.3 Å². The van der Waals surface area contributed by atoms with Gasteiger partial charge in [0.05, 0.1) is 12.3 Å². The number of amides is 1. The maximum Gasteiger partial charge on any atom is 0.240 e. The predicted molar refractivity (Wildman–Crippen MR) is 88.3 cm³/mol. The van der Waals surface area contributed by atoms with Gasteiger partial charge in [0, 0.05) is 39.3 Å². The summed E-state index contributed by atoms with van der Waals surface area (Å²) in [5.74, 6) is 0.121. The number of sulfonamides is 1. The van der Waals surface area contributed by atoms with Crippen LogP contribution in [0.2, 0.25) is 0 Å². The topological polar surface area (TPSA) is 60.9 Å². The Labute approximate surface area is 137 Å². The number of rotatable bonds is 3. The molecule has 0 N–H and O–H groups in total. The average molecular weight is 337 g/mol. The maximum absolute atomic E-state index is 12.8. The summed E-state index contributed by atoms with van der Waals surface area (Å²) in [5.41, 5.74) is 1.13. The molecule has 1 amide bonds. The first-order valence-electron chi connectivity index (χ1n) is 7.97. The highest BCUT2D eigenvalue weighted by Crippen LogP contribution is 2.20. The van der Waals surface area contributed by atoms with E-state index in [4.69, 9.17) is 0 Å². The molecule has 1 aromatic carbocycles. The summed E-state index contributed by atoms with van der Waals surface area (Å²) in [5, 5.41) is 0. The lowest BCUT2D eigenvalue weighted by atomic mass is 10.1. The minimum Gasteiger partial charge on any atom is -0.336 e. The molecular formula is C16H23N3O3S. The zero-order valence-corrected chi connectivity index (χ0v) is 14.2. The van der Waals surface area contributed by atoms with E-state index in [1.54, 1.807) is 0 Å². The minimum atomic E-state index is -3.19. The highest BCUT2D eigenvalue weighted by atomic mass is 32.2. The highest BCUT2D eigenvalue weighted by molar-refractivity contribution is 7.88. The van der Waals surface area contributed by atoms with Gasteiger partial charge in [-0.25, -0.2) is 12.7 Å². The summed E-state index contributed by atoms with van der Waals surface area (Å²) in [7, 11) is -3.19. The quantitative estimate of drug-likeness (QED) is 0.799. The Hall–Kier alpha value is -1.44. The first-order chi connectivity index (χ1) is 10.9. The van der Waals surface area contributed by atoms with E-state index >= 15 is 0 Å². The average Bonchev–Trinajstić information content (AvgIpc) is 2.74. The Morgan fingerprint density at radius 3 is 2.43 bits per heavy atom. The third-order valence-electron chi connectivity index (χ3n) is 4.67. The van der Waals surface area contributed by atoms with Gasteiger partial charge < -0.3 is 4.90 Å². The summed E-state index contributed by atoms with van der Waals surface area (Å²) in [6, 6.07) is 9.78. The molecule has 2 heterocycles. The second-order valence-electron chi connectivity index (χ2n) is 6.25. The molecule has 0 radical (unpaired) electrons. The third kappa shape index (κ3) is 3.73. The molecule has 1 atom stereocenters. The Bertz CT molecular complexity index is 662. The second kappa shape index (κ2) is 6.59. The van der Waals surface area contributed by atoms with Crippen LogP contribution < -0.4 is 0 Å². The van der Waals surface area contributed by atoms with Gasteiger partial charge in [-0.3, -0.25) is 9.69 Å². The first kappa shape index (κ1) is 16.4. The smallest absolute Gasteiger partial charge is 0.240 e. The van der Waals surface area contributed by atoms with Gasteiger partial charge in [0.15, 0.2) is 0 Å². The molecule has 23 heavy (non-hydrogen) atoms. The molecule has 2 fully saturated rings. The molecule has 0 bridgehead atoms. The number of nitrogens with zero attached hydrogens (tertiary/aromatic N) is 3.